The molecule has 0 aliphatic carbocycles. The first-order chi connectivity index (χ1) is 15.7. The lowest BCUT2D eigenvalue weighted by Gasteiger charge is -2.24. The molecule has 2 aromatic carbocycles. The fraction of sp³-hybridized carbons (Fsp3) is 0.130. The highest BCUT2D eigenvalue weighted by Crippen LogP contribution is 2.38. The molecule has 0 unspecified atom stereocenters. The van der Waals surface area contributed by atoms with E-state index < -0.39 is 29.4 Å². The van der Waals surface area contributed by atoms with Gasteiger partial charge in [-0.1, -0.05) is 42.5 Å². The van der Waals surface area contributed by atoms with E-state index in [1.807, 2.05) is 0 Å². The van der Waals surface area contributed by atoms with Crippen LogP contribution in [0.3, 0.4) is 0 Å². The van der Waals surface area contributed by atoms with Gasteiger partial charge in [-0.05, 0) is 18.2 Å². The van der Waals surface area contributed by atoms with Gasteiger partial charge in [0.05, 0.1) is 16.6 Å². The van der Waals surface area contributed by atoms with Gasteiger partial charge in [-0.15, -0.1) is 0 Å². The summed E-state index contributed by atoms with van der Waals surface area (Å²) in [6.07, 6.45) is -3.66. The van der Waals surface area contributed by atoms with Crippen molar-refractivity contribution in [2.24, 2.45) is 7.05 Å². The molecule has 168 valence electrons. The lowest BCUT2D eigenvalue weighted by molar-refractivity contribution is -0.143. The zero-order chi connectivity index (χ0) is 23.8. The maximum absolute atomic E-state index is 14.2. The van der Waals surface area contributed by atoms with Gasteiger partial charge >= 0.3 is 12.1 Å². The minimum absolute atomic E-state index is 0.00961. The Kier molecular flexibility index (Phi) is 5.59. The van der Waals surface area contributed by atoms with Gasteiger partial charge in [0.1, 0.15) is 5.82 Å². The third-order valence-electron chi connectivity index (χ3n) is 5.12. The van der Waals surface area contributed by atoms with Crippen LogP contribution in [-0.2, 0) is 7.05 Å². The van der Waals surface area contributed by atoms with Crippen LogP contribution in [0, 0.1) is 0 Å². The van der Waals surface area contributed by atoms with Crippen molar-refractivity contribution in [2.75, 3.05) is 5.32 Å². The fourth-order valence-corrected chi connectivity index (χ4v) is 3.58. The molecule has 0 fully saturated rings. The number of hydrogen-bond donors (Lipinski definition) is 2. The molecule has 0 amide bonds. The number of carbonyl (C=O) groups is 1. The molecule has 0 bridgehead atoms. The van der Waals surface area contributed by atoms with Gasteiger partial charge in [0.2, 0.25) is 0 Å². The first kappa shape index (κ1) is 22.0. The highest BCUT2D eigenvalue weighted by Gasteiger charge is 2.42. The number of nitrogens with one attached hydrogen (secondary N) is 1. The molecule has 0 radical (unpaired) electrons. The number of carboxylic acid groups (broad SMARTS) is 1. The number of anilines is 1. The number of pyridine rings is 1. The Bertz CT molecular complexity index is 1400. The molecule has 4 rings (SSSR count). The van der Waals surface area contributed by atoms with Crippen molar-refractivity contribution in [1.29, 1.82) is 0 Å². The molecular formula is C23H17F3N4O3. The number of aromatic nitrogens is 3. The molecule has 1 atom stereocenters. The van der Waals surface area contributed by atoms with E-state index >= 15 is 0 Å². The average Bonchev–Trinajstić information content (AvgIpc) is 2.79. The number of nitrogens with zero attached hydrogens (tertiary/aromatic N) is 3. The van der Waals surface area contributed by atoms with Crippen LogP contribution in [0.2, 0.25) is 0 Å². The number of rotatable bonds is 5. The van der Waals surface area contributed by atoms with Crippen molar-refractivity contribution in [2.45, 2.75) is 12.2 Å². The topological polar surface area (TPSA) is 97.1 Å². The summed E-state index contributed by atoms with van der Waals surface area (Å²) in [4.78, 5) is 32.5. The van der Waals surface area contributed by atoms with E-state index in [1.54, 1.807) is 30.3 Å². The normalized spacial score (nSPS) is 12.5. The summed E-state index contributed by atoms with van der Waals surface area (Å²) in [5.41, 5.74) is -1.25. The Morgan fingerprint density at radius 2 is 1.79 bits per heavy atom. The van der Waals surface area contributed by atoms with E-state index in [0.29, 0.717) is 5.56 Å². The Morgan fingerprint density at radius 3 is 2.45 bits per heavy atom. The molecule has 0 spiro atoms. The first-order valence-electron chi connectivity index (χ1n) is 9.75. The summed E-state index contributed by atoms with van der Waals surface area (Å²) in [5, 5.41) is 11.6. The van der Waals surface area contributed by atoms with Crippen molar-refractivity contribution in [3.05, 3.63) is 88.5 Å². The zero-order valence-electron chi connectivity index (χ0n) is 17.2. The van der Waals surface area contributed by atoms with E-state index in [4.69, 9.17) is 0 Å². The minimum atomic E-state index is -4.84. The van der Waals surface area contributed by atoms with Crippen LogP contribution in [0.25, 0.3) is 22.3 Å². The van der Waals surface area contributed by atoms with Gasteiger partial charge in [0, 0.05) is 24.4 Å². The molecule has 33 heavy (non-hydrogen) atoms. The quantitative estimate of drug-likeness (QED) is 0.464. The van der Waals surface area contributed by atoms with Gasteiger partial charge in [-0.2, -0.15) is 13.2 Å². The molecule has 10 heteroatoms. The van der Waals surface area contributed by atoms with Crippen LogP contribution in [0.4, 0.5) is 18.9 Å². The Labute approximate surface area is 185 Å². The van der Waals surface area contributed by atoms with Crippen LogP contribution in [0.5, 0.6) is 0 Å². The molecule has 0 saturated heterocycles. The Morgan fingerprint density at radius 1 is 1.06 bits per heavy atom. The summed E-state index contributed by atoms with van der Waals surface area (Å²) in [7, 11) is 1.50. The molecule has 0 saturated carbocycles. The molecule has 4 aromatic rings. The van der Waals surface area contributed by atoms with Crippen LogP contribution in [-0.4, -0.2) is 31.8 Å². The van der Waals surface area contributed by atoms with Gasteiger partial charge < -0.3 is 10.4 Å². The van der Waals surface area contributed by atoms with E-state index in [2.05, 4.69) is 15.3 Å². The molecule has 0 aliphatic rings. The summed E-state index contributed by atoms with van der Waals surface area (Å²) >= 11 is 0. The maximum Gasteiger partial charge on any atom is 0.412 e. The first-order valence-corrected chi connectivity index (χ1v) is 9.75. The van der Waals surface area contributed by atoms with Crippen molar-refractivity contribution in [3.8, 4) is 11.4 Å². The van der Waals surface area contributed by atoms with Crippen LogP contribution in [0.15, 0.2) is 71.7 Å². The maximum atomic E-state index is 14.2. The Hall–Kier alpha value is -4.21. The minimum Gasteiger partial charge on any atom is -0.476 e. The highest BCUT2D eigenvalue weighted by atomic mass is 19.4. The molecule has 2 N–H and O–H groups in total. The van der Waals surface area contributed by atoms with Gasteiger partial charge in [0.25, 0.3) is 5.56 Å². The number of benzene rings is 2. The fourth-order valence-electron chi connectivity index (χ4n) is 3.58. The summed E-state index contributed by atoms with van der Waals surface area (Å²) in [5.74, 6) is -1.27. The van der Waals surface area contributed by atoms with Gasteiger partial charge in [-0.3, -0.25) is 9.36 Å². The number of hydrogen-bond acceptors (Lipinski definition) is 5. The predicted molar refractivity (Wildman–Crippen MR) is 116 cm³/mol. The van der Waals surface area contributed by atoms with Crippen molar-refractivity contribution < 1.29 is 23.1 Å². The van der Waals surface area contributed by atoms with Crippen molar-refractivity contribution in [1.82, 2.24) is 14.5 Å². The molecule has 2 heterocycles. The van der Waals surface area contributed by atoms with E-state index in [1.165, 1.54) is 48.1 Å². The third-order valence-corrected chi connectivity index (χ3v) is 5.12. The van der Waals surface area contributed by atoms with Crippen molar-refractivity contribution in [3.63, 3.8) is 0 Å². The number of fused-ring (bicyclic) bond motifs is 1. The summed E-state index contributed by atoms with van der Waals surface area (Å²) in [6.45, 7) is 0. The van der Waals surface area contributed by atoms with E-state index in [-0.39, 0.29) is 28.0 Å². The van der Waals surface area contributed by atoms with Crippen molar-refractivity contribution >= 4 is 22.6 Å². The predicted octanol–water partition coefficient (Wildman–Crippen LogP) is 4.41. The summed E-state index contributed by atoms with van der Waals surface area (Å²) < 4.78 is 43.9. The SMILES string of the molecule is Cn1c(-c2ccccc2)nc2c([C@H](Nc3cccnc3C(=O)O)C(F)(F)F)cccc2c1=O. The number of para-hydroxylation sites is 1. The third kappa shape index (κ3) is 4.14. The lowest BCUT2D eigenvalue weighted by Crippen LogP contribution is -2.30. The largest absolute Gasteiger partial charge is 0.476 e. The zero-order valence-corrected chi connectivity index (χ0v) is 17.2. The standard InChI is InChI=1S/C23H17F3N4O3/c1-30-20(13-7-3-2-4-8-13)29-17-14(9-5-10-15(17)21(30)31)19(23(24,25)26)28-16-11-6-12-27-18(16)22(32)33/h2-12,19,28H,1H3,(H,32,33)/t19-/m0/s1. The van der Waals surface area contributed by atoms with Crippen LogP contribution >= 0.6 is 0 Å². The lowest BCUT2D eigenvalue weighted by atomic mass is 10.0. The molecule has 7 nitrogen and oxygen atoms in total. The smallest absolute Gasteiger partial charge is 0.412 e. The van der Waals surface area contributed by atoms with Crippen LogP contribution < -0.4 is 10.9 Å². The second-order valence-corrected chi connectivity index (χ2v) is 7.23. The number of alkyl halides is 3. The highest BCUT2D eigenvalue weighted by molar-refractivity contribution is 5.92. The van der Waals surface area contributed by atoms with Gasteiger partial charge in [0.15, 0.2) is 11.7 Å². The average molecular weight is 454 g/mol. The molecule has 0 aliphatic heterocycles. The summed E-state index contributed by atoms with van der Waals surface area (Å²) in [6, 6.07) is 12.8. The molecular weight excluding hydrogens is 437 g/mol. The monoisotopic (exact) mass is 454 g/mol. The van der Waals surface area contributed by atoms with E-state index in [9.17, 15) is 27.9 Å². The van der Waals surface area contributed by atoms with E-state index in [0.717, 1.165) is 0 Å². The second-order valence-electron chi connectivity index (χ2n) is 7.23. The molecule has 2 aromatic heterocycles. The number of carboxylic acids is 1. The van der Waals surface area contributed by atoms with Gasteiger partial charge in [-0.25, -0.2) is 14.8 Å². The number of halogens is 3. The number of aromatic carboxylic acids is 1. The van der Waals surface area contributed by atoms with Crippen LogP contribution in [0.1, 0.15) is 22.1 Å². The second kappa shape index (κ2) is 8.38. The Balaban J connectivity index is 1.95.